The van der Waals surface area contributed by atoms with E-state index in [2.05, 4.69) is 12.2 Å². The molecule has 0 aliphatic heterocycles. The Balaban J connectivity index is 0. The van der Waals surface area contributed by atoms with Gasteiger partial charge in [-0.25, -0.2) is 0 Å². The number of hydrogen-bond donors (Lipinski definition) is 2. The molecule has 0 rings (SSSR count). The van der Waals surface area contributed by atoms with Crippen LogP contribution in [0.2, 0.25) is 0 Å². The van der Waals surface area contributed by atoms with Crippen LogP contribution in [0.3, 0.4) is 0 Å². The number of amides is 1. The molecule has 0 aromatic heterocycles. The van der Waals surface area contributed by atoms with Crippen LogP contribution < -0.4 is 5.32 Å². The van der Waals surface area contributed by atoms with Crippen LogP contribution in [0.15, 0.2) is 0 Å². The molecule has 0 aliphatic carbocycles. The number of aliphatic carboxylic acids is 1. The first-order valence-corrected chi connectivity index (χ1v) is 9.15. The Kier molecular flexibility index (Phi) is 23.1. The number of rotatable bonds is 16. The summed E-state index contributed by atoms with van der Waals surface area (Å²) in [5, 5.41) is 10.8. The van der Waals surface area contributed by atoms with E-state index in [0.29, 0.717) is 6.42 Å². The Morgan fingerprint density at radius 1 is 0.739 bits per heavy atom. The van der Waals surface area contributed by atoms with Gasteiger partial charge in [0.1, 0.15) is 6.54 Å². The van der Waals surface area contributed by atoms with E-state index < -0.39 is 5.97 Å². The molecule has 0 heterocycles. The van der Waals surface area contributed by atoms with Crippen molar-refractivity contribution in [2.45, 2.75) is 96.8 Å². The standard InChI is InChI=1S/C18H35NO3.K.H/c1-2-3-4-5-6-7-8-9-10-11-12-13-14-15-17(20)19-16-18(21)22;;/h2-16H2,1H3,(H,19,20)(H,21,22);;. The molecule has 1 amide bonds. The molecule has 0 radical (unpaired) electrons. The van der Waals surface area contributed by atoms with Gasteiger partial charge in [0.05, 0.1) is 0 Å². The predicted molar refractivity (Wildman–Crippen MR) is 98.1 cm³/mol. The van der Waals surface area contributed by atoms with E-state index in [1.165, 1.54) is 70.6 Å². The van der Waals surface area contributed by atoms with Crippen LogP contribution in [-0.4, -0.2) is 74.9 Å². The summed E-state index contributed by atoms with van der Waals surface area (Å²) >= 11 is 0. The Morgan fingerprint density at radius 2 is 1.13 bits per heavy atom. The second-order valence-corrected chi connectivity index (χ2v) is 6.16. The van der Waals surface area contributed by atoms with E-state index in [4.69, 9.17) is 5.11 Å². The first-order valence-electron chi connectivity index (χ1n) is 9.15. The molecule has 0 atom stereocenters. The van der Waals surface area contributed by atoms with Crippen LogP contribution in [-0.2, 0) is 9.59 Å². The van der Waals surface area contributed by atoms with Crippen molar-refractivity contribution < 1.29 is 14.7 Å². The molecule has 0 aromatic rings. The van der Waals surface area contributed by atoms with Crippen molar-refractivity contribution in [1.29, 1.82) is 0 Å². The van der Waals surface area contributed by atoms with Crippen LogP contribution in [0, 0.1) is 0 Å². The molecule has 0 saturated heterocycles. The third-order valence-electron chi connectivity index (χ3n) is 3.94. The number of nitrogens with one attached hydrogen (secondary N) is 1. The van der Waals surface area contributed by atoms with Gasteiger partial charge in [0.15, 0.2) is 0 Å². The number of hydrogen-bond acceptors (Lipinski definition) is 2. The number of carbonyl (C=O) groups excluding carboxylic acids is 1. The minimum atomic E-state index is -0.987. The van der Waals surface area contributed by atoms with Crippen molar-refractivity contribution in [3.05, 3.63) is 0 Å². The SMILES string of the molecule is CCCCCCCCCCCCCCCC(=O)NCC(=O)O.[KH]. The van der Waals surface area contributed by atoms with Crippen LogP contribution in [0.25, 0.3) is 0 Å². The van der Waals surface area contributed by atoms with Crippen molar-refractivity contribution in [3.63, 3.8) is 0 Å². The summed E-state index contributed by atoms with van der Waals surface area (Å²) in [7, 11) is 0. The minimum absolute atomic E-state index is 0. The first-order chi connectivity index (χ1) is 10.7. The summed E-state index contributed by atoms with van der Waals surface area (Å²) < 4.78 is 0. The molecular weight excluding hydrogens is 317 g/mol. The maximum atomic E-state index is 11.3. The molecule has 2 N–H and O–H groups in total. The van der Waals surface area contributed by atoms with Gasteiger partial charge in [-0.1, -0.05) is 84.0 Å². The van der Waals surface area contributed by atoms with Gasteiger partial charge in [0, 0.05) is 6.42 Å². The Labute approximate surface area is 185 Å². The number of carbonyl (C=O) groups is 2. The van der Waals surface area contributed by atoms with Gasteiger partial charge >= 0.3 is 57.4 Å². The summed E-state index contributed by atoms with van der Waals surface area (Å²) in [5.74, 6) is -1.14. The van der Waals surface area contributed by atoms with E-state index in [1.54, 1.807) is 0 Å². The van der Waals surface area contributed by atoms with Crippen molar-refractivity contribution in [1.82, 2.24) is 5.32 Å². The zero-order chi connectivity index (χ0) is 16.5. The fourth-order valence-corrected chi connectivity index (χ4v) is 2.57. The topological polar surface area (TPSA) is 66.4 Å². The zero-order valence-electron chi connectivity index (χ0n) is 14.4. The van der Waals surface area contributed by atoms with Crippen LogP contribution in [0.5, 0.6) is 0 Å². The normalized spacial score (nSPS) is 10.1. The van der Waals surface area contributed by atoms with Crippen LogP contribution in [0.1, 0.15) is 96.8 Å². The molecule has 0 fully saturated rings. The van der Waals surface area contributed by atoms with Gasteiger partial charge in [-0.15, -0.1) is 0 Å². The van der Waals surface area contributed by atoms with Crippen molar-refractivity contribution >= 4 is 63.3 Å². The summed E-state index contributed by atoms with van der Waals surface area (Å²) in [4.78, 5) is 21.6. The van der Waals surface area contributed by atoms with Gasteiger partial charge in [0.25, 0.3) is 0 Å². The maximum absolute atomic E-state index is 11.3. The number of unbranched alkanes of at least 4 members (excludes halogenated alkanes) is 12. The molecule has 0 unspecified atom stereocenters. The molecule has 132 valence electrons. The quantitative estimate of drug-likeness (QED) is 0.325. The molecule has 0 aliphatic rings. The monoisotopic (exact) mass is 353 g/mol. The molecule has 5 heteroatoms. The van der Waals surface area contributed by atoms with Gasteiger partial charge in [-0.3, -0.25) is 9.59 Å². The predicted octanol–water partition coefficient (Wildman–Crippen LogP) is 4.02. The Morgan fingerprint density at radius 3 is 1.52 bits per heavy atom. The van der Waals surface area contributed by atoms with E-state index >= 15 is 0 Å². The summed E-state index contributed by atoms with van der Waals surface area (Å²) in [5.41, 5.74) is 0. The fraction of sp³-hybridized carbons (Fsp3) is 0.889. The van der Waals surface area contributed by atoms with Crippen molar-refractivity contribution in [3.8, 4) is 0 Å². The Hall–Kier alpha value is 0.576. The summed E-state index contributed by atoms with van der Waals surface area (Å²) in [6.07, 6.45) is 17.1. The van der Waals surface area contributed by atoms with Crippen LogP contribution in [0.4, 0.5) is 0 Å². The van der Waals surface area contributed by atoms with E-state index in [-0.39, 0.29) is 63.8 Å². The van der Waals surface area contributed by atoms with Crippen molar-refractivity contribution in [2.24, 2.45) is 0 Å². The van der Waals surface area contributed by atoms with E-state index in [1.807, 2.05) is 0 Å². The van der Waals surface area contributed by atoms with E-state index in [9.17, 15) is 9.59 Å². The molecule has 23 heavy (non-hydrogen) atoms. The first kappa shape index (κ1) is 25.8. The number of carboxylic acid groups (broad SMARTS) is 1. The molecule has 0 spiro atoms. The van der Waals surface area contributed by atoms with Crippen molar-refractivity contribution in [2.75, 3.05) is 6.54 Å². The van der Waals surface area contributed by atoms with Gasteiger partial charge in [-0.05, 0) is 6.42 Å². The molecule has 0 aromatic carbocycles. The fourth-order valence-electron chi connectivity index (χ4n) is 2.57. The average molecular weight is 354 g/mol. The second kappa shape index (κ2) is 20.6. The molecule has 4 nitrogen and oxygen atoms in total. The van der Waals surface area contributed by atoms with Gasteiger partial charge < -0.3 is 10.4 Å². The zero-order valence-corrected chi connectivity index (χ0v) is 14.4. The summed E-state index contributed by atoms with van der Waals surface area (Å²) in [6, 6.07) is 0. The van der Waals surface area contributed by atoms with Gasteiger partial charge in [0.2, 0.25) is 5.91 Å². The third kappa shape index (κ3) is 22.6. The molecular formula is C18H36KNO3. The third-order valence-corrected chi connectivity index (χ3v) is 3.94. The summed E-state index contributed by atoms with van der Waals surface area (Å²) in [6.45, 7) is 1.99. The van der Waals surface area contributed by atoms with Gasteiger partial charge in [-0.2, -0.15) is 0 Å². The molecule has 0 saturated carbocycles. The Bertz CT molecular complexity index is 285. The average Bonchev–Trinajstić information content (AvgIpc) is 2.49. The van der Waals surface area contributed by atoms with Crippen LogP contribution >= 0.6 is 0 Å². The number of carboxylic acids is 1. The second-order valence-electron chi connectivity index (χ2n) is 6.16. The molecule has 0 bridgehead atoms. The van der Waals surface area contributed by atoms with E-state index in [0.717, 1.165) is 12.8 Å².